The van der Waals surface area contributed by atoms with Crippen LogP contribution in [-0.2, 0) is 5.60 Å². The summed E-state index contributed by atoms with van der Waals surface area (Å²) >= 11 is 17.9. The molecule has 1 amide bonds. The minimum Gasteiger partial charge on any atom is -0.372 e. The number of rotatable bonds is 5. The maximum absolute atomic E-state index is 14.4. The largest absolute Gasteiger partial charge is 0.425 e. The Morgan fingerprint density at radius 3 is 1.97 bits per heavy atom. The molecule has 0 spiro atoms. The topological polar surface area (TPSA) is 93.0 Å². The second-order valence-electron chi connectivity index (χ2n) is 6.91. The molecule has 0 aliphatic heterocycles. The predicted molar refractivity (Wildman–Crippen MR) is 117 cm³/mol. The average molecular weight is 540 g/mol. The van der Waals surface area contributed by atoms with E-state index in [-0.39, 0.29) is 10.7 Å². The van der Waals surface area contributed by atoms with Crippen LogP contribution in [0, 0.1) is 5.82 Å². The molecule has 3 aromatic carbocycles. The Morgan fingerprint density at radius 2 is 1.47 bits per heavy atom. The summed E-state index contributed by atoms with van der Waals surface area (Å²) in [7, 11) is 0. The molecule has 1 unspecified atom stereocenters. The van der Waals surface area contributed by atoms with Crippen LogP contribution >= 0.6 is 34.8 Å². The molecule has 0 aliphatic rings. The van der Waals surface area contributed by atoms with Gasteiger partial charge in [-0.15, -0.1) is 5.23 Å². The molecule has 0 bridgehead atoms. The highest BCUT2D eigenvalue weighted by molar-refractivity contribution is 6.40. The number of benzene rings is 3. The zero-order valence-electron chi connectivity index (χ0n) is 16.5. The molecule has 1 atom stereocenters. The molecular formula is C21H13Cl3F4N2O4. The normalized spacial score (nSPS) is 13.4. The summed E-state index contributed by atoms with van der Waals surface area (Å²) in [5.41, 5.74) is -6.59. The minimum atomic E-state index is -5.21. The van der Waals surface area contributed by atoms with E-state index in [9.17, 15) is 27.5 Å². The lowest BCUT2D eigenvalue weighted by atomic mass is 9.85. The van der Waals surface area contributed by atoms with Gasteiger partial charge in [-0.05, 0) is 42.0 Å². The van der Waals surface area contributed by atoms with Crippen molar-refractivity contribution in [3.63, 3.8) is 0 Å². The van der Waals surface area contributed by atoms with Gasteiger partial charge < -0.3 is 10.4 Å². The number of alkyl halides is 3. The number of carbonyl (C=O) groups excluding carboxylic acids is 1. The van der Waals surface area contributed by atoms with Gasteiger partial charge in [-0.25, -0.2) is 4.39 Å². The Balaban J connectivity index is 2.04. The van der Waals surface area contributed by atoms with Gasteiger partial charge in [-0.1, -0.05) is 53.0 Å². The van der Waals surface area contributed by atoms with Gasteiger partial charge in [0.25, 0.3) is 5.91 Å². The summed E-state index contributed by atoms with van der Waals surface area (Å²) in [4.78, 5) is 12.5. The monoisotopic (exact) mass is 538 g/mol. The minimum absolute atomic E-state index is 0.143. The van der Waals surface area contributed by atoms with Crippen LogP contribution in [0.15, 0.2) is 54.6 Å². The van der Waals surface area contributed by atoms with Gasteiger partial charge in [0.05, 0.1) is 21.3 Å². The summed E-state index contributed by atoms with van der Waals surface area (Å²) in [5, 5.41) is 29.6. The highest BCUT2D eigenvalue weighted by atomic mass is 35.5. The van der Waals surface area contributed by atoms with Crippen molar-refractivity contribution in [3.8, 4) is 0 Å². The van der Waals surface area contributed by atoms with Gasteiger partial charge in [0.2, 0.25) is 5.60 Å². The summed E-state index contributed by atoms with van der Waals surface area (Å²) in [6, 6.07) is 8.91. The van der Waals surface area contributed by atoms with Crippen molar-refractivity contribution >= 4 is 52.1 Å². The number of carbonyl (C=O) groups is 1. The first-order chi connectivity index (χ1) is 15.8. The van der Waals surface area contributed by atoms with Crippen molar-refractivity contribution in [1.82, 2.24) is 0 Å². The Hall–Kier alpha value is -2.60. The lowest BCUT2D eigenvalue weighted by Crippen LogP contribution is -2.43. The van der Waals surface area contributed by atoms with Crippen LogP contribution in [0.2, 0.25) is 15.1 Å². The van der Waals surface area contributed by atoms with Crippen LogP contribution in [0.25, 0.3) is 0 Å². The van der Waals surface area contributed by atoms with Crippen molar-refractivity contribution < 1.29 is 37.9 Å². The molecule has 0 radical (unpaired) electrons. The third-order valence-corrected chi connectivity index (χ3v) is 5.66. The van der Waals surface area contributed by atoms with Gasteiger partial charge >= 0.3 is 6.18 Å². The first kappa shape index (κ1) is 26.0. The molecule has 6 nitrogen and oxygen atoms in total. The number of hydrogen-bond acceptors (Lipinski definition) is 5. The fourth-order valence-electron chi connectivity index (χ4n) is 3.12. The van der Waals surface area contributed by atoms with Crippen LogP contribution in [-0.4, -0.2) is 27.6 Å². The number of aliphatic hydroxyl groups is 1. The Morgan fingerprint density at radius 1 is 0.912 bits per heavy atom. The van der Waals surface area contributed by atoms with E-state index in [2.05, 4.69) is 5.32 Å². The summed E-state index contributed by atoms with van der Waals surface area (Å²) < 4.78 is 56.4. The third kappa shape index (κ3) is 4.78. The van der Waals surface area contributed by atoms with Gasteiger partial charge in [-0.2, -0.15) is 13.2 Å². The Kier molecular flexibility index (Phi) is 7.32. The third-order valence-electron chi connectivity index (χ3n) is 4.81. The van der Waals surface area contributed by atoms with Crippen LogP contribution in [0.4, 0.5) is 28.9 Å². The van der Waals surface area contributed by atoms with E-state index in [1.165, 1.54) is 0 Å². The SMILES string of the molecule is O=C(Nc1c(Cl)cc(C(O)(c2ccc(Cl)cc2)C(F)(F)F)cc1Cl)c1cccc(N(O)O)c1F. The molecule has 180 valence electrons. The van der Waals surface area contributed by atoms with E-state index >= 15 is 0 Å². The van der Waals surface area contributed by atoms with E-state index in [0.717, 1.165) is 54.6 Å². The molecule has 0 aromatic heterocycles. The van der Waals surface area contributed by atoms with E-state index in [1.807, 2.05) is 0 Å². The molecule has 34 heavy (non-hydrogen) atoms. The summed E-state index contributed by atoms with van der Waals surface area (Å²) in [6.45, 7) is 0. The quantitative estimate of drug-likeness (QED) is 0.222. The first-order valence-corrected chi connectivity index (χ1v) is 10.2. The zero-order valence-corrected chi connectivity index (χ0v) is 18.8. The standard InChI is InChI=1S/C21H13Cl3F4N2O4/c22-12-6-4-10(5-7-12)20(32,21(26,27)28)11-8-14(23)18(15(24)9-11)29-19(31)13-2-1-3-16(17(13)25)30(33)34/h1-9,32-34H,(H,29,31). The molecule has 3 rings (SSSR count). The first-order valence-electron chi connectivity index (χ1n) is 9.09. The summed E-state index contributed by atoms with van der Waals surface area (Å²) in [6.07, 6.45) is -5.21. The Labute approximate surface area is 204 Å². The fraction of sp³-hybridized carbons (Fsp3) is 0.0952. The Bertz CT molecular complexity index is 1220. The van der Waals surface area contributed by atoms with Crippen LogP contribution in [0.3, 0.4) is 0 Å². The van der Waals surface area contributed by atoms with Crippen LogP contribution in [0.1, 0.15) is 21.5 Å². The van der Waals surface area contributed by atoms with E-state index in [0.29, 0.717) is 0 Å². The second-order valence-corrected chi connectivity index (χ2v) is 8.16. The predicted octanol–water partition coefficient (Wildman–Crippen LogP) is 6.42. The number of nitrogens with zero attached hydrogens (tertiary/aromatic N) is 1. The van der Waals surface area contributed by atoms with E-state index in [1.54, 1.807) is 0 Å². The van der Waals surface area contributed by atoms with Crippen molar-refractivity contribution in [2.24, 2.45) is 0 Å². The molecule has 4 N–H and O–H groups in total. The summed E-state index contributed by atoms with van der Waals surface area (Å²) in [5.74, 6) is -2.44. The molecular weight excluding hydrogens is 527 g/mol. The fourth-order valence-corrected chi connectivity index (χ4v) is 3.82. The van der Waals surface area contributed by atoms with Gasteiger partial charge in [0.15, 0.2) is 5.82 Å². The van der Waals surface area contributed by atoms with Gasteiger partial charge in [0.1, 0.15) is 5.69 Å². The van der Waals surface area contributed by atoms with Gasteiger partial charge in [-0.3, -0.25) is 15.2 Å². The number of amides is 1. The molecule has 13 heteroatoms. The molecule has 0 saturated heterocycles. The average Bonchev–Trinajstić information content (AvgIpc) is 2.75. The molecule has 0 fully saturated rings. The van der Waals surface area contributed by atoms with Crippen molar-refractivity contribution in [1.29, 1.82) is 0 Å². The zero-order chi connectivity index (χ0) is 25.4. The van der Waals surface area contributed by atoms with Crippen LogP contribution in [0.5, 0.6) is 0 Å². The van der Waals surface area contributed by atoms with Gasteiger partial charge in [0, 0.05) is 10.6 Å². The van der Waals surface area contributed by atoms with Crippen molar-refractivity contribution in [3.05, 3.63) is 92.2 Å². The van der Waals surface area contributed by atoms with Crippen LogP contribution < -0.4 is 10.5 Å². The lowest BCUT2D eigenvalue weighted by Gasteiger charge is -2.32. The highest BCUT2D eigenvalue weighted by Gasteiger charge is 2.56. The highest BCUT2D eigenvalue weighted by Crippen LogP contribution is 2.47. The number of halogens is 7. The molecule has 0 saturated carbocycles. The van der Waals surface area contributed by atoms with Crippen molar-refractivity contribution in [2.45, 2.75) is 11.8 Å². The number of anilines is 2. The molecule has 0 heterocycles. The van der Waals surface area contributed by atoms with E-state index < -0.39 is 61.2 Å². The lowest BCUT2D eigenvalue weighted by molar-refractivity contribution is -0.248. The molecule has 0 aliphatic carbocycles. The second kappa shape index (κ2) is 9.57. The van der Waals surface area contributed by atoms with Crippen molar-refractivity contribution in [2.75, 3.05) is 10.5 Å². The maximum Gasteiger partial charge on any atom is 0.425 e. The molecule has 3 aromatic rings. The van der Waals surface area contributed by atoms with E-state index in [4.69, 9.17) is 45.2 Å². The number of hydrogen-bond donors (Lipinski definition) is 4. The number of nitrogens with one attached hydrogen (secondary N) is 1. The maximum atomic E-state index is 14.4. The smallest absolute Gasteiger partial charge is 0.372 e.